The molecule has 0 aliphatic rings. The molecule has 0 aromatic heterocycles. The van der Waals surface area contributed by atoms with Crippen molar-refractivity contribution in [2.24, 2.45) is 0 Å². The zero-order valence-corrected chi connectivity index (χ0v) is 11.2. The van der Waals surface area contributed by atoms with Crippen LogP contribution >= 0.6 is 0 Å². The van der Waals surface area contributed by atoms with E-state index in [1.807, 2.05) is 0 Å². The molecule has 0 heterocycles. The normalized spacial score (nSPS) is 14.6. The first-order valence-corrected chi connectivity index (χ1v) is 6.35. The highest BCUT2D eigenvalue weighted by Crippen LogP contribution is 2.44. The van der Waals surface area contributed by atoms with Crippen LogP contribution in [0.15, 0.2) is 60.7 Å². The fraction of sp³-hybridized carbons (Fsp3) is 0.188. The van der Waals surface area contributed by atoms with Gasteiger partial charge in [0.2, 0.25) is 11.4 Å². The van der Waals surface area contributed by atoms with Crippen LogP contribution in [0.1, 0.15) is 15.9 Å². The third-order valence-electron chi connectivity index (χ3n) is 3.33. The zero-order chi connectivity index (χ0) is 16.4. The number of halogens is 4. The Bertz CT molecular complexity index is 644. The first-order valence-electron chi connectivity index (χ1n) is 6.35. The molecule has 116 valence electrons. The molecule has 0 amide bonds. The second-order valence-corrected chi connectivity index (χ2v) is 4.70. The van der Waals surface area contributed by atoms with Crippen LogP contribution in [0.2, 0.25) is 0 Å². The number of carbonyl (C=O) groups is 1. The van der Waals surface area contributed by atoms with Gasteiger partial charge in [0.15, 0.2) is 0 Å². The van der Waals surface area contributed by atoms with Gasteiger partial charge in [0.1, 0.15) is 0 Å². The minimum Gasteiger partial charge on any atom is -0.374 e. The van der Waals surface area contributed by atoms with Gasteiger partial charge in [0.25, 0.3) is 6.43 Å². The number of aliphatic hydroxyl groups is 1. The van der Waals surface area contributed by atoms with Crippen LogP contribution < -0.4 is 0 Å². The summed E-state index contributed by atoms with van der Waals surface area (Å²) < 4.78 is 55.3. The lowest BCUT2D eigenvalue weighted by atomic mass is 9.83. The molecule has 1 atom stereocenters. The smallest absolute Gasteiger partial charge is 0.347 e. The molecule has 0 aliphatic carbocycles. The Morgan fingerprint density at radius 3 is 1.82 bits per heavy atom. The molecule has 6 heteroatoms. The number of hydrogen-bond donors (Lipinski definition) is 1. The van der Waals surface area contributed by atoms with E-state index in [2.05, 4.69) is 0 Å². The third-order valence-corrected chi connectivity index (χ3v) is 3.33. The van der Waals surface area contributed by atoms with E-state index in [0.29, 0.717) is 0 Å². The van der Waals surface area contributed by atoms with E-state index < -0.39 is 34.9 Å². The van der Waals surface area contributed by atoms with E-state index >= 15 is 0 Å². The summed E-state index contributed by atoms with van der Waals surface area (Å²) in [5, 5.41) is 10.00. The molecule has 2 aromatic rings. The van der Waals surface area contributed by atoms with E-state index in [1.165, 1.54) is 36.4 Å². The second-order valence-electron chi connectivity index (χ2n) is 4.70. The highest BCUT2D eigenvalue weighted by atomic mass is 19.3. The SMILES string of the molecule is O=C(c1ccccc1)C(F)(F)C(O)(c1ccccc1)C(F)F. The van der Waals surface area contributed by atoms with E-state index in [9.17, 15) is 27.5 Å². The maximum absolute atomic E-state index is 14.4. The summed E-state index contributed by atoms with van der Waals surface area (Å²) in [4.78, 5) is 11.9. The van der Waals surface area contributed by atoms with E-state index in [1.54, 1.807) is 0 Å². The number of hydrogen-bond acceptors (Lipinski definition) is 2. The molecule has 22 heavy (non-hydrogen) atoms. The molecule has 0 saturated carbocycles. The van der Waals surface area contributed by atoms with E-state index in [0.717, 1.165) is 24.3 Å². The van der Waals surface area contributed by atoms with Crippen molar-refractivity contribution in [1.29, 1.82) is 0 Å². The van der Waals surface area contributed by atoms with Crippen LogP contribution in [0.25, 0.3) is 0 Å². The Morgan fingerprint density at radius 2 is 1.36 bits per heavy atom. The molecule has 1 N–H and O–H groups in total. The van der Waals surface area contributed by atoms with Crippen LogP contribution in [0.4, 0.5) is 17.6 Å². The molecule has 2 aromatic carbocycles. The summed E-state index contributed by atoms with van der Waals surface area (Å²) in [5.74, 6) is -6.55. The number of Topliss-reactive ketones (excluding diaryl/α,β-unsaturated/α-hetero) is 1. The van der Waals surface area contributed by atoms with Crippen molar-refractivity contribution < 1.29 is 27.5 Å². The molecule has 0 bridgehead atoms. The fourth-order valence-corrected chi connectivity index (χ4v) is 2.08. The molecular weight excluding hydrogens is 300 g/mol. The highest BCUT2D eigenvalue weighted by Gasteiger charge is 2.64. The quantitative estimate of drug-likeness (QED) is 0.676. The minimum atomic E-state index is -4.69. The largest absolute Gasteiger partial charge is 0.374 e. The van der Waals surface area contributed by atoms with Crippen LogP contribution in [0, 0.1) is 0 Å². The van der Waals surface area contributed by atoms with E-state index in [4.69, 9.17) is 0 Å². The molecule has 0 saturated heterocycles. The van der Waals surface area contributed by atoms with Crippen LogP contribution in [-0.2, 0) is 5.60 Å². The summed E-state index contributed by atoms with van der Waals surface area (Å²) in [7, 11) is 0. The van der Waals surface area contributed by atoms with Gasteiger partial charge >= 0.3 is 5.92 Å². The number of rotatable bonds is 5. The van der Waals surface area contributed by atoms with Gasteiger partial charge in [0, 0.05) is 5.56 Å². The molecule has 0 aliphatic heterocycles. The van der Waals surface area contributed by atoms with Crippen molar-refractivity contribution in [2.75, 3.05) is 0 Å². The van der Waals surface area contributed by atoms with Crippen molar-refractivity contribution in [3.63, 3.8) is 0 Å². The molecule has 2 rings (SSSR count). The monoisotopic (exact) mass is 312 g/mol. The van der Waals surface area contributed by atoms with Crippen molar-refractivity contribution in [1.82, 2.24) is 0 Å². The third kappa shape index (κ3) is 2.50. The fourth-order valence-electron chi connectivity index (χ4n) is 2.08. The van der Waals surface area contributed by atoms with Gasteiger partial charge in [-0.15, -0.1) is 0 Å². The maximum atomic E-state index is 14.4. The lowest BCUT2D eigenvalue weighted by molar-refractivity contribution is -0.219. The Balaban J connectivity index is 2.54. The molecule has 0 radical (unpaired) electrons. The first-order chi connectivity index (χ1) is 10.3. The van der Waals surface area contributed by atoms with Crippen molar-refractivity contribution >= 4 is 5.78 Å². The Hall–Kier alpha value is -2.21. The van der Waals surface area contributed by atoms with Crippen LogP contribution in [0.3, 0.4) is 0 Å². The van der Waals surface area contributed by atoms with Crippen molar-refractivity contribution in [3.05, 3.63) is 71.8 Å². The second kappa shape index (κ2) is 5.88. The molecule has 0 spiro atoms. The summed E-state index contributed by atoms with van der Waals surface area (Å²) in [5.41, 5.74) is -5.08. The highest BCUT2D eigenvalue weighted by molar-refractivity contribution is 6.02. The Labute approximate surface area is 124 Å². The molecule has 2 nitrogen and oxygen atoms in total. The van der Waals surface area contributed by atoms with Gasteiger partial charge in [0.05, 0.1) is 0 Å². The predicted molar refractivity (Wildman–Crippen MR) is 72.1 cm³/mol. The molecule has 1 unspecified atom stereocenters. The van der Waals surface area contributed by atoms with Crippen LogP contribution in [0.5, 0.6) is 0 Å². The van der Waals surface area contributed by atoms with E-state index in [-0.39, 0.29) is 0 Å². The van der Waals surface area contributed by atoms with Gasteiger partial charge in [-0.1, -0.05) is 60.7 Å². The van der Waals surface area contributed by atoms with Crippen molar-refractivity contribution in [2.45, 2.75) is 17.9 Å². The summed E-state index contributed by atoms with van der Waals surface area (Å²) >= 11 is 0. The minimum absolute atomic E-state index is 0.456. The van der Waals surface area contributed by atoms with Crippen LogP contribution in [-0.4, -0.2) is 23.2 Å². The number of ketones is 1. The summed E-state index contributed by atoms with van der Waals surface area (Å²) in [6, 6.07) is 12.0. The average Bonchev–Trinajstić information content (AvgIpc) is 2.54. The summed E-state index contributed by atoms with van der Waals surface area (Å²) in [6.07, 6.45) is -3.85. The number of benzene rings is 2. The number of carbonyl (C=O) groups excluding carboxylic acids is 1. The molecular formula is C16H12F4O2. The lowest BCUT2D eigenvalue weighted by Gasteiger charge is -2.34. The topological polar surface area (TPSA) is 37.3 Å². The zero-order valence-electron chi connectivity index (χ0n) is 11.2. The van der Waals surface area contributed by atoms with Gasteiger partial charge < -0.3 is 5.11 Å². The van der Waals surface area contributed by atoms with Gasteiger partial charge in [-0.2, -0.15) is 8.78 Å². The average molecular weight is 312 g/mol. The van der Waals surface area contributed by atoms with Crippen molar-refractivity contribution in [3.8, 4) is 0 Å². The Morgan fingerprint density at radius 1 is 0.909 bits per heavy atom. The molecule has 0 fully saturated rings. The van der Waals surface area contributed by atoms with Gasteiger partial charge in [-0.25, -0.2) is 8.78 Å². The maximum Gasteiger partial charge on any atom is 0.347 e. The number of alkyl halides is 4. The lowest BCUT2D eigenvalue weighted by Crippen LogP contribution is -2.55. The summed E-state index contributed by atoms with van der Waals surface area (Å²) in [6.45, 7) is 0. The first kappa shape index (κ1) is 16.2. The standard InChI is InChI=1S/C16H12F4O2/c17-14(18)15(22,12-9-5-2-6-10-12)16(19,20)13(21)11-7-3-1-4-8-11/h1-10,14,22H. The van der Waals surface area contributed by atoms with Gasteiger partial charge in [-0.05, 0) is 5.56 Å². The predicted octanol–water partition coefficient (Wildman–Crippen LogP) is 3.66. The Kier molecular flexibility index (Phi) is 4.32. The van der Waals surface area contributed by atoms with Gasteiger partial charge in [-0.3, -0.25) is 4.79 Å².